The largest absolute Gasteiger partial charge is 0.424 e. The van der Waals surface area contributed by atoms with Crippen molar-refractivity contribution in [3.05, 3.63) is 52.7 Å². The molecule has 1 heterocycles. The average Bonchev–Trinajstić information content (AvgIpc) is 2.63. The number of hydrogen-bond donors (Lipinski definition) is 0. The molecule has 0 N–H and O–H groups in total. The van der Waals surface area contributed by atoms with Crippen molar-refractivity contribution >= 4 is 28.9 Å². The molecule has 8 nitrogen and oxygen atoms in total. The number of esters is 3. The first kappa shape index (κ1) is 19.8. The Bertz CT molecular complexity index is 1170. The predicted molar refractivity (Wildman–Crippen MR) is 102 cm³/mol. The molecule has 0 aliphatic rings. The lowest BCUT2D eigenvalue weighted by Crippen LogP contribution is -2.14. The minimum absolute atomic E-state index is 0.0157. The predicted octanol–water partition coefficient (Wildman–Crippen LogP) is 3.24. The maximum Gasteiger partial charge on any atom is 0.310 e. The van der Waals surface area contributed by atoms with Crippen molar-refractivity contribution in [3.8, 4) is 28.6 Å². The highest BCUT2D eigenvalue weighted by Gasteiger charge is 2.25. The number of rotatable bonds is 4. The lowest BCUT2D eigenvalue weighted by atomic mass is 10.0. The van der Waals surface area contributed by atoms with Gasteiger partial charge in [0.15, 0.2) is 11.5 Å². The highest BCUT2D eigenvalue weighted by atomic mass is 16.6. The van der Waals surface area contributed by atoms with E-state index in [1.54, 1.807) is 30.3 Å². The van der Waals surface area contributed by atoms with Gasteiger partial charge in [-0.25, -0.2) is 0 Å². The first-order valence-corrected chi connectivity index (χ1v) is 8.52. The van der Waals surface area contributed by atoms with E-state index >= 15 is 0 Å². The number of carbonyl (C=O) groups is 3. The summed E-state index contributed by atoms with van der Waals surface area (Å²) >= 11 is 0. The van der Waals surface area contributed by atoms with E-state index in [4.69, 9.17) is 18.6 Å². The SMILES string of the molecule is CC(=O)Oc1ccc2oc(OC(C)=O)c(-c3ccccc3)c(=O)c2c1OC(C)=O. The van der Waals surface area contributed by atoms with E-state index in [0.717, 1.165) is 6.92 Å². The molecule has 0 atom stereocenters. The normalized spacial score (nSPS) is 10.4. The van der Waals surface area contributed by atoms with Crippen LogP contribution in [0.25, 0.3) is 22.1 Å². The van der Waals surface area contributed by atoms with E-state index in [0.29, 0.717) is 5.56 Å². The number of carbonyl (C=O) groups excluding carboxylic acids is 3. The smallest absolute Gasteiger partial charge is 0.310 e. The second-order valence-electron chi connectivity index (χ2n) is 6.01. The summed E-state index contributed by atoms with van der Waals surface area (Å²) in [6.07, 6.45) is 0. The molecule has 0 saturated heterocycles. The fraction of sp³-hybridized carbons (Fsp3) is 0.143. The molecule has 1 aromatic heterocycles. The van der Waals surface area contributed by atoms with Gasteiger partial charge in [-0.05, 0) is 17.7 Å². The Hall–Kier alpha value is -3.94. The zero-order valence-electron chi connectivity index (χ0n) is 15.8. The quantitative estimate of drug-likeness (QED) is 0.488. The van der Waals surface area contributed by atoms with Crippen LogP contribution in [0.2, 0.25) is 0 Å². The molecule has 3 rings (SSSR count). The molecule has 29 heavy (non-hydrogen) atoms. The fourth-order valence-corrected chi connectivity index (χ4v) is 2.75. The lowest BCUT2D eigenvalue weighted by molar-refractivity contribution is -0.134. The van der Waals surface area contributed by atoms with Gasteiger partial charge in [-0.15, -0.1) is 0 Å². The van der Waals surface area contributed by atoms with Crippen LogP contribution in [0.1, 0.15) is 20.8 Å². The van der Waals surface area contributed by atoms with Crippen molar-refractivity contribution in [2.75, 3.05) is 0 Å². The highest BCUT2D eigenvalue weighted by Crippen LogP contribution is 2.38. The van der Waals surface area contributed by atoms with Crippen molar-refractivity contribution < 1.29 is 33.0 Å². The van der Waals surface area contributed by atoms with Crippen molar-refractivity contribution in [3.63, 3.8) is 0 Å². The fourth-order valence-electron chi connectivity index (χ4n) is 2.75. The third kappa shape index (κ3) is 4.16. The van der Waals surface area contributed by atoms with Crippen LogP contribution in [-0.4, -0.2) is 17.9 Å². The number of benzene rings is 2. The maximum atomic E-state index is 13.4. The minimum Gasteiger partial charge on any atom is -0.424 e. The third-order valence-electron chi connectivity index (χ3n) is 3.74. The van der Waals surface area contributed by atoms with Crippen LogP contribution in [0.4, 0.5) is 0 Å². The van der Waals surface area contributed by atoms with Crippen molar-refractivity contribution in [1.29, 1.82) is 0 Å². The first-order chi connectivity index (χ1) is 13.8. The molecule has 0 amide bonds. The summed E-state index contributed by atoms with van der Waals surface area (Å²) in [5.74, 6) is -2.74. The van der Waals surface area contributed by atoms with Gasteiger partial charge in [0, 0.05) is 20.8 Å². The Morgan fingerprint density at radius 3 is 2.00 bits per heavy atom. The van der Waals surface area contributed by atoms with Gasteiger partial charge in [0.2, 0.25) is 5.43 Å². The molecule has 8 heteroatoms. The monoisotopic (exact) mass is 396 g/mol. The second-order valence-corrected chi connectivity index (χ2v) is 6.01. The van der Waals surface area contributed by atoms with Gasteiger partial charge < -0.3 is 18.6 Å². The van der Waals surface area contributed by atoms with Crippen LogP contribution < -0.4 is 19.6 Å². The molecule has 148 valence electrons. The van der Waals surface area contributed by atoms with Crippen molar-refractivity contribution in [2.24, 2.45) is 0 Å². The van der Waals surface area contributed by atoms with Crippen LogP contribution >= 0.6 is 0 Å². The zero-order chi connectivity index (χ0) is 21.1. The summed E-state index contributed by atoms with van der Waals surface area (Å²) < 4.78 is 21.0. The van der Waals surface area contributed by atoms with Crippen LogP contribution in [0.15, 0.2) is 51.7 Å². The number of hydrogen-bond acceptors (Lipinski definition) is 8. The Labute approximate surface area is 164 Å². The molecule has 2 aromatic carbocycles. The summed E-state index contributed by atoms with van der Waals surface area (Å²) in [6.45, 7) is 3.49. The number of ether oxygens (including phenoxy) is 3. The zero-order valence-corrected chi connectivity index (χ0v) is 15.8. The summed E-state index contributed by atoms with van der Waals surface area (Å²) in [5, 5.41) is -0.131. The highest BCUT2D eigenvalue weighted by molar-refractivity contribution is 5.93. The Morgan fingerprint density at radius 1 is 0.793 bits per heavy atom. The van der Waals surface area contributed by atoms with Gasteiger partial charge in [0.05, 0.1) is 0 Å². The summed E-state index contributed by atoms with van der Waals surface area (Å²) in [5.41, 5.74) is -0.259. The van der Waals surface area contributed by atoms with Crippen LogP contribution in [-0.2, 0) is 14.4 Å². The van der Waals surface area contributed by atoms with Crippen LogP contribution in [0.3, 0.4) is 0 Å². The maximum absolute atomic E-state index is 13.4. The van der Waals surface area contributed by atoms with Crippen molar-refractivity contribution in [2.45, 2.75) is 20.8 Å². The van der Waals surface area contributed by atoms with E-state index in [9.17, 15) is 19.2 Å². The first-order valence-electron chi connectivity index (χ1n) is 8.52. The summed E-state index contributed by atoms with van der Waals surface area (Å²) in [6, 6.07) is 11.1. The van der Waals surface area contributed by atoms with Crippen molar-refractivity contribution in [1.82, 2.24) is 0 Å². The third-order valence-corrected chi connectivity index (χ3v) is 3.74. The summed E-state index contributed by atoms with van der Waals surface area (Å²) in [4.78, 5) is 47.9. The molecule has 0 bridgehead atoms. The Kier molecular flexibility index (Phi) is 5.45. The Morgan fingerprint density at radius 2 is 1.41 bits per heavy atom. The lowest BCUT2D eigenvalue weighted by Gasteiger charge is -2.13. The van der Waals surface area contributed by atoms with Crippen LogP contribution in [0, 0.1) is 0 Å². The molecule has 0 aliphatic heterocycles. The molecular weight excluding hydrogens is 380 g/mol. The van der Waals surface area contributed by atoms with E-state index in [1.165, 1.54) is 26.0 Å². The minimum atomic E-state index is -0.726. The topological polar surface area (TPSA) is 109 Å². The molecule has 3 aromatic rings. The van der Waals surface area contributed by atoms with Gasteiger partial charge in [0.25, 0.3) is 0 Å². The van der Waals surface area contributed by atoms with Crippen LogP contribution in [0.5, 0.6) is 17.4 Å². The number of fused-ring (bicyclic) bond motifs is 1. The molecule has 0 unspecified atom stereocenters. The van der Waals surface area contributed by atoms with E-state index in [1.807, 2.05) is 0 Å². The summed E-state index contributed by atoms with van der Waals surface area (Å²) in [7, 11) is 0. The molecule has 0 spiro atoms. The second kappa shape index (κ2) is 7.97. The van der Waals surface area contributed by atoms with Gasteiger partial charge in [-0.3, -0.25) is 19.2 Å². The van der Waals surface area contributed by atoms with Gasteiger partial charge in [-0.1, -0.05) is 30.3 Å². The van der Waals surface area contributed by atoms with E-state index < -0.39 is 23.3 Å². The molecule has 0 saturated carbocycles. The average molecular weight is 396 g/mol. The molecular formula is C21H16O8. The standard InChI is InChI=1S/C21H16O8/c1-11(22)26-16-10-9-15-18(20(16)27-12(2)23)19(25)17(14-7-5-4-6-8-14)21(29-15)28-13(3)24/h4-10H,1-3H3. The Balaban J connectivity index is 2.42. The van der Waals surface area contributed by atoms with Gasteiger partial charge in [0.1, 0.15) is 16.5 Å². The molecule has 0 radical (unpaired) electrons. The van der Waals surface area contributed by atoms with Gasteiger partial charge in [-0.2, -0.15) is 0 Å². The van der Waals surface area contributed by atoms with E-state index in [-0.39, 0.29) is 34.0 Å². The van der Waals surface area contributed by atoms with Gasteiger partial charge >= 0.3 is 23.9 Å². The molecule has 0 fully saturated rings. The van der Waals surface area contributed by atoms with E-state index in [2.05, 4.69) is 0 Å². The molecule has 0 aliphatic carbocycles.